The number of para-hydroxylation sites is 2. The summed E-state index contributed by atoms with van der Waals surface area (Å²) in [7, 11) is 0. The van der Waals surface area contributed by atoms with Gasteiger partial charge in [-0.1, -0.05) is 158 Å². The summed E-state index contributed by atoms with van der Waals surface area (Å²) >= 11 is 0. The zero-order valence-corrected chi connectivity index (χ0v) is 29.7. The summed E-state index contributed by atoms with van der Waals surface area (Å²) in [4.78, 5) is 2.44. The molecule has 1 heterocycles. The Kier molecular flexibility index (Phi) is 7.85. The highest BCUT2D eigenvalue weighted by Gasteiger charge is 2.22. The molecule has 0 atom stereocenters. The van der Waals surface area contributed by atoms with Crippen molar-refractivity contribution in [1.82, 2.24) is 4.57 Å². The third kappa shape index (κ3) is 5.53. The summed E-state index contributed by atoms with van der Waals surface area (Å²) in [5, 5.41) is 4.92. The van der Waals surface area contributed by atoms with E-state index >= 15 is 0 Å². The van der Waals surface area contributed by atoms with Crippen molar-refractivity contribution in [1.29, 1.82) is 0 Å². The van der Waals surface area contributed by atoms with Crippen LogP contribution in [0.3, 0.4) is 0 Å². The van der Waals surface area contributed by atoms with Gasteiger partial charge in [-0.05, 0) is 105 Å². The van der Waals surface area contributed by atoms with E-state index in [9.17, 15) is 0 Å². The summed E-state index contributed by atoms with van der Waals surface area (Å²) in [6.07, 6.45) is 0. The monoisotopic (exact) mass is 688 g/mol. The first-order valence-corrected chi connectivity index (χ1v) is 18.5. The lowest BCUT2D eigenvalue weighted by molar-refractivity contribution is 1.18. The fourth-order valence-electron chi connectivity index (χ4n) is 8.09. The molecular formula is C52H36N2. The largest absolute Gasteiger partial charge is 0.310 e. The second kappa shape index (κ2) is 13.4. The highest BCUT2D eigenvalue weighted by Crippen LogP contribution is 2.45. The van der Waals surface area contributed by atoms with Crippen molar-refractivity contribution < 1.29 is 0 Å². The Morgan fingerprint density at radius 2 is 0.889 bits per heavy atom. The number of benzene rings is 9. The smallest absolute Gasteiger partial charge is 0.0562 e. The van der Waals surface area contributed by atoms with Gasteiger partial charge in [0.1, 0.15) is 0 Å². The average Bonchev–Trinajstić information content (AvgIpc) is 3.60. The van der Waals surface area contributed by atoms with Crippen LogP contribution < -0.4 is 4.90 Å². The molecule has 10 rings (SSSR count). The maximum Gasteiger partial charge on any atom is 0.0562 e. The van der Waals surface area contributed by atoms with Crippen LogP contribution in [0.1, 0.15) is 0 Å². The van der Waals surface area contributed by atoms with E-state index < -0.39 is 0 Å². The second-order valence-electron chi connectivity index (χ2n) is 13.8. The number of hydrogen-bond donors (Lipinski definition) is 0. The molecule has 0 aliphatic rings. The molecule has 254 valence electrons. The third-order valence-electron chi connectivity index (χ3n) is 10.5. The van der Waals surface area contributed by atoms with Gasteiger partial charge in [-0.2, -0.15) is 0 Å². The molecular weight excluding hydrogens is 653 g/mol. The van der Waals surface area contributed by atoms with E-state index in [1.54, 1.807) is 0 Å². The van der Waals surface area contributed by atoms with Gasteiger partial charge in [0.2, 0.25) is 0 Å². The van der Waals surface area contributed by atoms with Gasteiger partial charge in [0, 0.05) is 27.8 Å². The Labute approximate surface area is 315 Å². The molecule has 0 aliphatic carbocycles. The minimum absolute atomic E-state index is 1.10. The molecule has 0 N–H and O–H groups in total. The number of nitrogens with zero attached hydrogens (tertiary/aromatic N) is 2. The summed E-state index contributed by atoms with van der Waals surface area (Å²) < 4.78 is 2.43. The molecule has 0 amide bonds. The summed E-state index contributed by atoms with van der Waals surface area (Å²) in [5.41, 5.74) is 13.9. The molecule has 0 saturated heterocycles. The van der Waals surface area contributed by atoms with Gasteiger partial charge >= 0.3 is 0 Å². The number of fused-ring (bicyclic) bond motifs is 4. The molecule has 0 spiro atoms. The van der Waals surface area contributed by atoms with Gasteiger partial charge in [-0.15, -0.1) is 0 Å². The van der Waals surface area contributed by atoms with Gasteiger partial charge in [0.05, 0.1) is 16.7 Å². The zero-order valence-electron chi connectivity index (χ0n) is 29.7. The van der Waals surface area contributed by atoms with Crippen molar-refractivity contribution in [2.24, 2.45) is 0 Å². The van der Waals surface area contributed by atoms with E-state index in [1.807, 2.05) is 0 Å². The fourth-order valence-corrected chi connectivity index (χ4v) is 8.09. The van der Waals surface area contributed by atoms with Gasteiger partial charge in [-0.25, -0.2) is 0 Å². The molecule has 0 radical (unpaired) electrons. The van der Waals surface area contributed by atoms with E-state index in [-0.39, 0.29) is 0 Å². The zero-order chi connectivity index (χ0) is 35.8. The van der Waals surface area contributed by atoms with Crippen LogP contribution in [-0.4, -0.2) is 4.57 Å². The third-order valence-corrected chi connectivity index (χ3v) is 10.5. The molecule has 10 aromatic rings. The SMILES string of the molecule is c1ccc(-c2cc(-c3ccccc3)cc(N(c3ccccc3)c3cccc4c3c3ccccc3n4-c3cccc(-c4cccc5ccccc45)c3)c2)cc1. The van der Waals surface area contributed by atoms with Crippen molar-refractivity contribution in [3.05, 3.63) is 218 Å². The average molecular weight is 689 g/mol. The highest BCUT2D eigenvalue weighted by molar-refractivity contribution is 6.16. The van der Waals surface area contributed by atoms with Gasteiger partial charge in [-0.3, -0.25) is 0 Å². The van der Waals surface area contributed by atoms with E-state index in [2.05, 4.69) is 228 Å². The lowest BCUT2D eigenvalue weighted by atomic mass is 9.97. The molecule has 0 unspecified atom stereocenters. The van der Waals surface area contributed by atoms with Crippen LogP contribution in [0.25, 0.3) is 71.6 Å². The Morgan fingerprint density at radius 3 is 1.63 bits per heavy atom. The normalized spacial score (nSPS) is 11.3. The maximum atomic E-state index is 2.44. The quantitative estimate of drug-likeness (QED) is 0.162. The molecule has 0 aliphatic heterocycles. The van der Waals surface area contributed by atoms with Crippen LogP contribution in [0, 0.1) is 0 Å². The standard InChI is InChI=1S/C52H36N2/c1-4-17-37(18-5-1)41-33-42(38-19-6-2-7-20-38)36-45(35-41)53(43-24-8-3-9-25-43)50-31-16-32-51-52(50)48-28-12-13-30-49(48)54(51)44-26-14-23-40(34-44)47-29-15-22-39-21-10-11-27-46(39)47/h1-36H. The van der Waals surface area contributed by atoms with Crippen LogP contribution in [-0.2, 0) is 0 Å². The molecule has 54 heavy (non-hydrogen) atoms. The van der Waals surface area contributed by atoms with E-state index in [0.29, 0.717) is 0 Å². The molecule has 0 saturated carbocycles. The Morgan fingerprint density at radius 1 is 0.333 bits per heavy atom. The van der Waals surface area contributed by atoms with Crippen molar-refractivity contribution in [2.45, 2.75) is 0 Å². The minimum atomic E-state index is 1.10. The number of rotatable bonds is 7. The van der Waals surface area contributed by atoms with E-state index in [1.165, 1.54) is 60.4 Å². The highest BCUT2D eigenvalue weighted by atomic mass is 15.1. The Bertz CT molecular complexity index is 2860. The van der Waals surface area contributed by atoms with Crippen LogP contribution in [0.15, 0.2) is 218 Å². The molecule has 2 nitrogen and oxygen atoms in total. The number of hydrogen-bond acceptors (Lipinski definition) is 1. The minimum Gasteiger partial charge on any atom is -0.310 e. The van der Waals surface area contributed by atoms with Crippen LogP contribution in [0.5, 0.6) is 0 Å². The van der Waals surface area contributed by atoms with Gasteiger partial charge in [0.25, 0.3) is 0 Å². The van der Waals surface area contributed by atoms with Crippen molar-refractivity contribution in [3.8, 4) is 39.1 Å². The summed E-state index contributed by atoms with van der Waals surface area (Å²) in [5.74, 6) is 0. The molecule has 9 aromatic carbocycles. The van der Waals surface area contributed by atoms with Crippen LogP contribution in [0.4, 0.5) is 17.1 Å². The first-order valence-electron chi connectivity index (χ1n) is 18.5. The van der Waals surface area contributed by atoms with Crippen molar-refractivity contribution in [3.63, 3.8) is 0 Å². The van der Waals surface area contributed by atoms with Crippen molar-refractivity contribution >= 4 is 49.6 Å². The summed E-state index contributed by atoms with van der Waals surface area (Å²) in [6.45, 7) is 0. The number of anilines is 3. The van der Waals surface area contributed by atoms with E-state index in [0.717, 1.165) is 28.3 Å². The molecule has 1 aromatic heterocycles. The van der Waals surface area contributed by atoms with Crippen LogP contribution >= 0.6 is 0 Å². The molecule has 0 fully saturated rings. The van der Waals surface area contributed by atoms with Crippen molar-refractivity contribution in [2.75, 3.05) is 4.90 Å². The first kappa shape index (κ1) is 31.6. The second-order valence-corrected chi connectivity index (χ2v) is 13.8. The fraction of sp³-hybridized carbons (Fsp3) is 0. The lowest BCUT2D eigenvalue weighted by Crippen LogP contribution is -2.11. The lowest BCUT2D eigenvalue weighted by Gasteiger charge is -2.28. The van der Waals surface area contributed by atoms with E-state index in [4.69, 9.17) is 0 Å². The topological polar surface area (TPSA) is 8.17 Å². The summed E-state index contributed by atoms with van der Waals surface area (Å²) in [6, 6.07) is 78.9. The molecule has 0 bridgehead atoms. The predicted octanol–water partition coefficient (Wildman–Crippen LogP) is 14.4. The number of aromatic nitrogens is 1. The molecule has 2 heteroatoms. The predicted molar refractivity (Wildman–Crippen MR) is 229 cm³/mol. The Balaban J connectivity index is 1.22. The van der Waals surface area contributed by atoms with Crippen LogP contribution in [0.2, 0.25) is 0 Å². The first-order chi connectivity index (χ1) is 26.8. The maximum absolute atomic E-state index is 2.44. The Hall–Kier alpha value is -7.16. The van der Waals surface area contributed by atoms with Gasteiger partial charge < -0.3 is 9.47 Å². The van der Waals surface area contributed by atoms with Gasteiger partial charge in [0.15, 0.2) is 0 Å².